The lowest BCUT2D eigenvalue weighted by atomic mass is 10.2. The van der Waals surface area contributed by atoms with Gasteiger partial charge in [-0.15, -0.1) is 0 Å². The van der Waals surface area contributed by atoms with E-state index in [4.69, 9.17) is 4.74 Å². The van der Waals surface area contributed by atoms with Crippen LogP contribution in [0.25, 0.3) is 0 Å². The second-order valence-corrected chi connectivity index (χ2v) is 3.67. The van der Waals surface area contributed by atoms with Crippen molar-refractivity contribution < 1.29 is 9.53 Å². The van der Waals surface area contributed by atoms with E-state index in [0.29, 0.717) is 19.8 Å². The molecule has 0 radical (unpaired) electrons. The van der Waals surface area contributed by atoms with Crippen molar-refractivity contribution in [1.29, 1.82) is 0 Å². The summed E-state index contributed by atoms with van der Waals surface area (Å²) in [5.41, 5.74) is 0. The Morgan fingerprint density at radius 1 is 1.53 bits per heavy atom. The van der Waals surface area contributed by atoms with Crippen LogP contribution in [0.15, 0.2) is 0 Å². The van der Waals surface area contributed by atoms with E-state index < -0.39 is 0 Å². The van der Waals surface area contributed by atoms with Gasteiger partial charge in [0.1, 0.15) is 0 Å². The van der Waals surface area contributed by atoms with Crippen LogP contribution in [-0.4, -0.2) is 63.3 Å². The number of ether oxygens (including phenoxy) is 1. The van der Waals surface area contributed by atoms with E-state index in [1.165, 1.54) is 0 Å². The van der Waals surface area contributed by atoms with Crippen molar-refractivity contribution in [2.45, 2.75) is 13.0 Å². The first-order valence-electron chi connectivity index (χ1n) is 5.52. The molecular weight excluding hydrogens is 194 g/mol. The fourth-order valence-corrected chi connectivity index (χ4v) is 1.55. The molecule has 0 spiro atoms. The van der Waals surface area contributed by atoms with Gasteiger partial charge in [-0.1, -0.05) is 0 Å². The van der Waals surface area contributed by atoms with Gasteiger partial charge >= 0.3 is 0 Å². The van der Waals surface area contributed by atoms with Crippen LogP contribution in [0.4, 0.5) is 0 Å². The third-order valence-electron chi connectivity index (χ3n) is 2.49. The van der Waals surface area contributed by atoms with Gasteiger partial charge in [0.25, 0.3) is 0 Å². The maximum atomic E-state index is 11.9. The van der Waals surface area contributed by atoms with Crippen molar-refractivity contribution in [2.75, 3.05) is 46.4 Å². The molecule has 1 amide bonds. The van der Waals surface area contributed by atoms with Crippen molar-refractivity contribution in [3.63, 3.8) is 0 Å². The van der Waals surface area contributed by atoms with Crippen molar-refractivity contribution >= 4 is 5.91 Å². The van der Waals surface area contributed by atoms with Crippen molar-refractivity contribution in [1.82, 2.24) is 15.5 Å². The minimum absolute atomic E-state index is 0.0784. The summed E-state index contributed by atoms with van der Waals surface area (Å²) in [6.45, 7) is 6.43. The van der Waals surface area contributed by atoms with E-state index >= 15 is 0 Å². The lowest BCUT2D eigenvalue weighted by Crippen LogP contribution is -2.56. The Morgan fingerprint density at radius 3 is 2.93 bits per heavy atom. The highest BCUT2D eigenvalue weighted by Crippen LogP contribution is 1.94. The van der Waals surface area contributed by atoms with E-state index in [9.17, 15) is 4.79 Å². The third kappa shape index (κ3) is 4.15. The van der Waals surface area contributed by atoms with E-state index in [1.54, 1.807) is 4.90 Å². The van der Waals surface area contributed by atoms with Gasteiger partial charge in [0, 0.05) is 39.8 Å². The van der Waals surface area contributed by atoms with E-state index in [-0.39, 0.29) is 11.9 Å². The summed E-state index contributed by atoms with van der Waals surface area (Å²) in [7, 11) is 1.82. The third-order valence-corrected chi connectivity index (χ3v) is 2.49. The minimum atomic E-state index is -0.0784. The highest BCUT2D eigenvalue weighted by Gasteiger charge is 2.22. The Labute approximate surface area is 91.2 Å². The number of hydrogen-bond donors (Lipinski definition) is 2. The summed E-state index contributed by atoms with van der Waals surface area (Å²) in [6.07, 6.45) is 0. The van der Waals surface area contributed by atoms with Gasteiger partial charge in [0.2, 0.25) is 5.91 Å². The molecule has 2 N–H and O–H groups in total. The monoisotopic (exact) mass is 215 g/mol. The van der Waals surface area contributed by atoms with Gasteiger partial charge in [-0.05, 0) is 6.92 Å². The Balaban J connectivity index is 2.24. The van der Waals surface area contributed by atoms with Gasteiger partial charge in [-0.2, -0.15) is 0 Å². The summed E-state index contributed by atoms with van der Waals surface area (Å²) < 4.78 is 5.21. The number of carbonyl (C=O) groups is 1. The lowest BCUT2D eigenvalue weighted by molar-refractivity contribution is -0.133. The molecule has 5 heteroatoms. The zero-order valence-corrected chi connectivity index (χ0v) is 9.58. The smallest absolute Gasteiger partial charge is 0.240 e. The van der Waals surface area contributed by atoms with Crippen molar-refractivity contribution in [3.05, 3.63) is 0 Å². The molecule has 5 nitrogen and oxygen atoms in total. The van der Waals surface area contributed by atoms with Gasteiger partial charge < -0.3 is 20.3 Å². The fraction of sp³-hybridized carbons (Fsp3) is 0.900. The van der Waals surface area contributed by atoms with Crippen LogP contribution >= 0.6 is 0 Å². The summed E-state index contributed by atoms with van der Waals surface area (Å²) in [6, 6.07) is -0.0784. The number of rotatable bonds is 5. The van der Waals surface area contributed by atoms with Crippen LogP contribution in [0.2, 0.25) is 0 Å². The maximum absolute atomic E-state index is 11.9. The van der Waals surface area contributed by atoms with Gasteiger partial charge in [-0.25, -0.2) is 0 Å². The number of likely N-dealkylation sites (N-methyl/N-ethyl adjacent to an activating group) is 1. The summed E-state index contributed by atoms with van der Waals surface area (Å²) in [5.74, 6) is 0.141. The SMILES string of the molecule is CCOCCN(C)C(=O)C1CNCCN1. The first-order valence-corrected chi connectivity index (χ1v) is 5.52. The largest absolute Gasteiger partial charge is 0.380 e. The zero-order valence-electron chi connectivity index (χ0n) is 9.58. The second-order valence-electron chi connectivity index (χ2n) is 3.67. The second kappa shape index (κ2) is 6.76. The topological polar surface area (TPSA) is 53.6 Å². The molecule has 0 bridgehead atoms. The molecule has 1 aliphatic heterocycles. The molecule has 1 saturated heterocycles. The van der Waals surface area contributed by atoms with Gasteiger partial charge in [-0.3, -0.25) is 4.79 Å². The molecule has 0 aromatic carbocycles. The molecule has 0 aromatic rings. The summed E-state index contributed by atoms with van der Waals surface area (Å²) >= 11 is 0. The van der Waals surface area contributed by atoms with Crippen LogP contribution in [0.1, 0.15) is 6.92 Å². The van der Waals surface area contributed by atoms with Crippen LogP contribution in [0, 0.1) is 0 Å². The Hall–Kier alpha value is -0.650. The molecule has 0 aliphatic carbocycles. The first kappa shape index (κ1) is 12.4. The molecule has 1 atom stereocenters. The van der Waals surface area contributed by atoms with Gasteiger partial charge in [0.15, 0.2) is 0 Å². The number of nitrogens with zero attached hydrogens (tertiary/aromatic N) is 1. The fourth-order valence-electron chi connectivity index (χ4n) is 1.55. The number of hydrogen-bond acceptors (Lipinski definition) is 4. The van der Waals surface area contributed by atoms with Gasteiger partial charge in [0.05, 0.1) is 12.6 Å². The molecule has 15 heavy (non-hydrogen) atoms. The maximum Gasteiger partial charge on any atom is 0.240 e. The zero-order chi connectivity index (χ0) is 11.1. The molecule has 0 saturated carbocycles. The lowest BCUT2D eigenvalue weighted by Gasteiger charge is -2.27. The Bertz CT molecular complexity index is 193. The number of piperazine rings is 1. The van der Waals surface area contributed by atoms with Crippen molar-refractivity contribution in [2.24, 2.45) is 0 Å². The molecule has 88 valence electrons. The van der Waals surface area contributed by atoms with Crippen LogP contribution < -0.4 is 10.6 Å². The molecule has 1 unspecified atom stereocenters. The van der Waals surface area contributed by atoms with Crippen LogP contribution in [-0.2, 0) is 9.53 Å². The van der Waals surface area contributed by atoms with Crippen LogP contribution in [0.5, 0.6) is 0 Å². The highest BCUT2D eigenvalue weighted by atomic mass is 16.5. The minimum Gasteiger partial charge on any atom is -0.380 e. The average Bonchev–Trinajstić information content (AvgIpc) is 2.29. The van der Waals surface area contributed by atoms with E-state index in [0.717, 1.165) is 19.6 Å². The Morgan fingerprint density at radius 2 is 2.33 bits per heavy atom. The Kier molecular flexibility index (Phi) is 5.60. The summed E-state index contributed by atoms with van der Waals surface area (Å²) in [4.78, 5) is 13.6. The standard InChI is InChI=1S/C10H21N3O2/c1-3-15-7-6-13(2)10(14)9-8-11-4-5-12-9/h9,11-12H,3-8H2,1-2H3. The number of carbonyl (C=O) groups excluding carboxylic acids is 1. The summed E-state index contributed by atoms with van der Waals surface area (Å²) in [5, 5.41) is 6.39. The van der Waals surface area contributed by atoms with E-state index in [1.807, 2.05) is 14.0 Å². The normalized spacial score (nSPS) is 21.3. The number of amides is 1. The average molecular weight is 215 g/mol. The molecule has 1 heterocycles. The van der Waals surface area contributed by atoms with Crippen LogP contribution in [0.3, 0.4) is 0 Å². The predicted molar refractivity (Wildman–Crippen MR) is 58.8 cm³/mol. The van der Waals surface area contributed by atoms with E-state index in [2.05, 4.69) is 10.6 Å². The number of nitrogens with one attached hydrogen (secondary N) is 2. The van der Waals surface area contributed by atoms with Crippen molar-refractivity contribution in [3.8, 4) is 0 Å². The predicted octanol–water partition coefficient (Wildman–Crippen LogP) is -0.957. The molecule has 1 rings (SSSR count). The molecular formula is C10H21N3O2. The first-order chi connectivity index (χ1) is 7.25. The molecule has 1 aliphatic rings. The highest BCUT2D eigenvalue weighted by molar-refractivity contribution is 5.82. The quantitative estimate of drug-likeness (QED) is 0.580. The molecule has 0 aromatic heterocycles. The molecule has 1 fully saturated rings.